The standard InChI is InChI=1S/C12H18O4/c1-11-7-5-4-6-8(11)12(11,9(13)15-2)10(14)16-3/h8H,4-7H2,1-3H3. The summed E-state index contributed by atoms with van der Waals surface area (Å²) in [6.45, 7) is 2.00. The third-order valence-corrected chi connectivity index (χ3v) is 4.56. The van der Waals surface area contributed by atoms with E-state index in [1.165, 1.54) is 14.2 Å². The molecule has 2 saturated carbocycles. The maximum Gasteiger partial charge on any atom is 0.324 e. The Labute approximate surface area is 95.3 Å². The van der Waals surface area contributed by atoms with Gasteiger partial charge >= 0.3 is 11.9 Å². The van der Waals surface area contributed by atoms with Gasteiger partial charge in [0.2, 0.25) is 0 Å². The summed E-state index contributed by atoms with van der Waals surface area (Å²) >= 11 is 0. The van der Waals surface area contributed by atoms with E-state index in [0.717, 1.165) is 25.7 Å². The highest BCUT2D eigenvalue weighted by Gasteiger charge is 2.83. The highest BCUT2D eigenvalue weighted by Crippen LogP contribution is 2.75. The van der Waals surface area contributed by atoms with Gasteiger partial charge in [0, 0.05) is 0 Å². The number of carbonyl (C=O) groups is 2. The Bertz CT molecular complexity index is 320. The molecule has 0 aliphatic heterocycles. The van der Waals surface area contributed by atoms with Gasteiger partial charge in [-0.15, -0.1) is 0 Å². The van der Waals surface area contributed by atoms with Crippen LogP contribution in [0.5, 0.6) is 0 Å². The Morgan fingerprint density at radius 1 is 1.12 bits per heavy atom. The third kappa shape index (κ3) is 1.05. The summed E-state index contributed by atoms with van der Waals surface area (Å²) in [5, 5.41) is 0. The molecule has 0 aromatic heterocycles. The number of ether oxygens (including phenoxy) is 2. The van der Waals surface area contributed by atoms with Crippen LogP contribution in [-0.2, 0) is 19.1 Å². The fourth-order valence-electron chi connectivity index (χ4n) is 3.68. The van der Waals surface area contributed by atoms with Crippen LogP contribution in [0.15, 0.2) is 0 Å². The van der Waals surface area contributed by atoms with Crippen molar-refractivity contribution in [2.24, 2.45) is 16.7 Å². The fourth-order valence-corrected chi connectivity index (χ4v) is 3.68. The van der Waals surface area contributed by atoms with Crippen molar-refractivity contribution in [3.8, 4) is 0 Å². The molecule has 0 saturated heterocycles. The van der Waals surface area contributed by atoms with E-state index in [4.69, 9.17) is 9.47 Å². The highest BCUT2D eigenvalue weighted by molar-refractivity contribution is 6.05. The van der Waals surface area contributed by atoms with E-state index in [1.807, 2.05) is 6.92 Å². The van der Waals surface area contributed by atoms with Crippen molar-refractivity contribution in [1.29, 1.82) is 0 Å². The number of methoxy groups -OCH3 is 2. The predicted molar refractivity (Wildman–Crippen MR) is 56.5 cm³/mol. The molecular weight excluding hydrogens is 208 g/mol. The second-order valence-corrected chi connectivity index (χ2v) is 5.01. The van der Waals surface area contributed by atoms with E-state index in [0.29, 0.717) is 0 Å². The average Bonchev–Trinajstić information content (AvgIpc) is 2.88. The maximum absolute atomic E-state index is 11.9. The van der Waals surface area contributed by atoms with Crippen LogP contribution in [0.3, 0.4) is 0 Å². The van der Waals surface area contributed by atoms with E-state index >= 15 is 0 Å². The molecule has 2 aliphatic carbocycles. The zero-order chi connectivity index (χ0) is 12.0. The predicted octanol–water partition coefficient (Wildman–Crippen LogP) is 1.53. The van der Waals surface area contributed by atoms with E-state index in [9.17, 15) is 9.59 Å². The van der Waals surface area contributed by atoms with Crippen LogP contribution in [0.25, 0.3) is 0 Å². The Morgan fingerprint density at radius 2 is 1.69 bits per heavy atom. The molecule has 2 atom stereocenters. The molecule has 0 radical (unpaired) electrons. The Kier molecular flexibility index (Phi) is 2.48. The van der Waals surface area contributed by atoms with Crippen LogP contribution in [0, 0.1) is 16.7 Å². The summed E-state index contributed by atoms with van der Waals surface area (Å²) in [6, 6.07) is 0. The van der Waals surface area contributed by atoms with Crippen molar-refractivity contribution in [2.75, 3.05) is 14.2 Å². The molecule has 0 amide bonds. The van der Waals surface area contributed by atoms with Crippen molar-refractivity contribution in [1.82, 2.24) is 0 Å². The van der Waals surface area contributed by atoms with Crippen LogP contribution in [-0.4, -0.2) is 26.2 Å². The van der Waals surface area contributed by atoms with Gasteiger partial charge in [-0.25, -0.2) is 0 Å². The van der Waals surface area contributed by atoms with Crippen LogP contribution >= 0.6 is 0 Å². The van der Waals surface area contributed by atoms with Gasteiger partial charge in [0.25, 0.3) is 0 Å². The summed E-state index contributed by atoms with van der Waals surface area (Å²) in [4.78, 5) is 23.9. The van der Waals surface area contributed by atoms with Crippen LogP contribution in [0.1, 0.15) is 32.6 Å². The minimum atomic E-state index is -1.02. The molecule has 0 aromatic carbocycles. The lowest BCUT2D eigenvalue weighted by Gasteiger charge is -2.18. The minimum Gasteiger partial charge on any atom is -0.468 e. The Balaban J connectivity index is 2.38. The fraction of sp³-hybridized carbons (Fsp3) is 0.833. The van der Waals surface area contributed by atoms with Gasteiger partial charge in [-0.3, -0.25) is 9.59 Å². The molecule has 2 aliphatic rings. The Hall–Kier alpha value is -1.06. The summed E-state index contributed by atoms with van der Waals surface area (Å²) < 4.78 is 9.64. The molecule has 0 heterocycles. The van der Waals surface area contributed by atoms with Gasteiger partial charge in [0.05, 0.1) is 14.2 Å². The lowest BCUT2D eigenvalue weighted by Crippen LogP contribution is -2.34. The maximum atomic E-state index is 11.9. The molecule has 90 valence electrons. The molecule has 0 bridgehead atoms. The second-order valence-electron chi connectivity index (χ2n) is 5.01. The lowest BCUT2D eigenvalue weighted by molar-refractivity contribution is -0.164. The van der Waals surface area contributed by atoms with Crippen LogP contribution in [0.2, 0.25) is 0 Å². The van der Waals surface area contributed by atoms with Gasteiger partial charge in [0.1, 0.15) is 0 Å². The van der Waals surface area contributed by atoms with E-state index in [2.05, 4.69) is 0 Å². The molecule has 2 unspecified atom stereocenters. The first-order chi connectivity index (χ1) is 7.55. The topological polar surface area (TPSA) is 52.6 Å². The molecule has 0 spiro atoms. The van der Waals surface area contributed by atoms with E-state index < -0.39 is 17.4 Å². The molecule has 4 nitrogen and oxygen atoms in total. The SMILES string of the molecule is COC(=O)C1(C(=O)OC)C2CCCCC21C. The summed E-state index contributed by atoms with van der Waals surface area (Å²) in [7, 11) is 2.67. The Morgan fingerprint density at radius 3 is 2.06 bits per heavy atom. The first kappa shape index (κ1) is 11.4. The summed E-state index contributed by atoms with van der Waals surface area (Å²) in [5.41, 5.74) is -1.27. The second kappa shape index (κ2) is 3.47. The zero-order valence-electron chi connectivity index (χ0n) is 10.0. The van der Waals surface area contributed by atoms with Crippen molar-refractivity contribution < 1.29 is 19.1 Å². The summed E-state index contributed by atoms with van der Waals surface area (Å²) in [6.07, 6.45) is 3.97. The number of rotatable bonds is 2. The number of fused-ring (bicyclic) bond motifs is 1. The lowest BCUT2D eigenvalue weighted by atomic mass is 9.87. The van der Waals surface area contributed by atoms with Gasteiger partial charge in [-0.1, -0.05) is 19.8 Å². The molecule has 16 heavy (non-hydrogen) atoms. The van der Waals surface area contributed by atoms with Crippen molar-refractivity contribution >= 4 is 11.9 Å². The van der Waals surface area contributed by atoms with Crippen LogP contribution in [0.4, 0.5) is 0 Å². The van der Waals surface area contributed by atoms with E-state index in [1.54, 1.807) is 0 Å². The van der Waals surface area contributed by atoms with Crippen molar-refractivity contribution in [2.45, 2.75) is 32.6 Å². The number of carbonyl (C=O) groups excluding carboxylic acids is 2. The quantitative estimate of drug-likeness (QED) is 0.529. The highest BCUT2D eigenvalue weighted by atomic mass is 16.5. The normalized spacial score (nSPS) is 34.8. The number of hydrogen-bond acceptors (Lipinski definition) is 4. The first-order valence-electron chi connectivity index (χ1n) is 5.72. The van der Waals surface area contributed by atoms with Crippen molar-refractivity contribution in [3.05, 3.63) is 0 Å². The average molecular weight is 226 g/mol. The zero-order valence-corrected chi connectivity index (χ0v) is 10.0. The molecule has 4 heteroatoms. The number of hydrogen-bond donors (Lipinski definition) is 0. The first-order valence-corrected chi connectivity index (χ1v) is 5.72. The van der Waals surface area contributed by atoms with Crippen molar-refractivity contribution in [3.63, 3.8) is 0 Å². The molecule has 2 fully saturated rings. The molecule has 0 aromatic rings. The summed E-state index contributed by atoms with van der Waals surface area (Å²) in [5.74, 6) is -0.740. The van der Waals surface area contributed by atoms with Gasteiger partial charge in [-0.2, -0.15) is 0 Å². The smallest absolute Gasteiger partial charge is 0.324 e. The van der Waals surface area contributed by atoms with Gasteiger partial charge < -0.3 is 9.47 Å². The van der Waals surface area contributed by atoms with Gasteiger partial charge in [-0.05, 0) is 24.2 Å². The number of esters is 2. The van der Waals surface area contributed by atoms with Gasteiger partial charge in [0.15, 0.2) is 5.41 Å². The monoisotopic (exact) mass is 226 g/mol. The minimum absolute atomic E-state index is 0.105. The van der Waals surface area contributed by atoms with Crippen LogP contribution < -0.4 is 0 Å². The molecule has 0 N–H and O–H groups in total. The van der Waals surface area contributed by atoms with E-state index in [-0.39, 0.29) is 11.3 Å². The molecule has 2 rings (SSSR count). The molecular formula is C12H18O4. The largest absolute Gasteiger partial charge is 0.468 e. The third-order valence-electron chi connectivity index (χ3n) is 4.56.